The molecule has 0 bridgehead atoms. The van der Waals surface area contributed by atoms with Crippen molar-refractivity contribution in [1.29, 1.82) is 0 Å². The van der Waals surface area contributed by atoms with Gasteiger partial charge in [0.2, 0.25) is 0 Å². The van der Waals surface area contributed by atoms with Crippen molar-refractivity contribution < 1.29 is 57.5 Å². The summed E-state index contributed by atoms with van der Waals surface area (Å²) >= 11 is 12.7. The van der Waals surface area contributed by atoms with Crippen LogP contribution in [0.1, 0.15) is 61.4 Å². The smallest absolute Gasteiger partial charge is 0.748 e. The van der Waals surface area contributed by atoms with E-state index in [1.807, 2.05) is 6.92 Å². The zero-order chi connectivity index (χ0) is 19.8. The molecule has 0 spiro atoms. The summed E-state index contributed by atoms with van der Waals surface area (Å²) in [7, 11) is -4.21. The SMILES string of the molecule is CC1(C2CCCC2)Cc2cc(OCCCCS(=O)(=O)[O-])c(Cl)c(Cl)c2C1=O.O.[Na+]. The summed E-state index contributed by atoms with van der Waals surface area (Å²) in [4.78, 5) is 13.1. The van der Waals surface area contributed by atoms with Gasteiger partial charge in [-0.25, -0.2) is 8.42 Å². The van der Waals surface area contributed by atoms with Crippen LogP contribution >= 0.6 is 23.2 Å². The second kappa shape index (κ2) is 10.6. The van der Waals surface area contributed by atoms with Gasteiger partial charge in [-0.15, -0.1) is 0 Å². The Kier molecular flexibility index (Phi) is 9.97. The van der Waals surface area contributed by atoms with Crippen LogP contribution in [0.4, 0.5) is 0 Å². The molecule has 2 aliphatic rings. The van der Waals surface area contributed by atoms with Crippen molar-refractivity contribution in [3.05, 3.63) is 27.2 Å². The maximum atomic E-state index is 13.1. The fourth-order valence-electron chi connectivity index (χ4n) is 4.36. The number of rotatable bonds is 7. The zero-order valence-electron chi connectivity index (χ0n) is 16.7. The van der Waals surface area contributed by atoms with E-state index in [4.69, 9.17) is 27.9 Å². The van der Waals surface area contributed by atoms with Gasteiger partial charge in [-0.2, -0.15) is 0 Å². The number of carbonyl (C=O) groups excluding carboxylic acids is 1. The number of hydrogen-bond donors (Lipinski definition) is 0. The average Bonchev–Trinajstić information content (AvgIpc) is 3.19. The predicted octanol–water partition coefficient (Wildman–Crippen LogP) is 0.812. The Morgan fingerprint density at radius 3 is 2.41 bits per heavy atom. The molecule has 2 N–H and O–H groups in total. The summed E-state index contributed by atoms with van der Waals surface area (Å²) < 4.78 is 37.5. The van der Waals surface area contributed by atoms with E-state index in [9.17, 15) is 17.8 Å². The van der Waals surface area contributed by atoms with Crippen molar-refractivity contribution in [3.63, 3.8) is 0 Å². The van der Waals surface area contributed by atoms with Crippen molar-refractivity contribution in [2.75, 3.05) is 12.4 Å². The minimum Gasteiger partial charge on any atom is -0.748 e. The van der Waals surface area contributed by atoms with Crippen LogP contribution in [0.2, 0.25) is 10.0 Å². The van der Waals surface area contributed by atoms with Gasteiger partial charge >= 0.3 is 29.6 Å². The number of hydrogen-bond acceptors (Lipinski definition) is 5. The van der Waals surface area contributed by atoms with E-state index in [-0.39, 0.29) is 63.9 Å². The summed E-state index contributed by atoms with van der Waals surface area (Å²) in [6.45, 7) is 2.25. The van der Waals surface area contributed by atoms with Crippen molar-refractivity contribution >= 4 is 39.1 Å². The second-order valence-electron chi connectivity index (χ2n) is 7.76. The molecule has 1 aromatic rings. The summed E-state index contributed by atoms with van der Waals surface area (Å²) in [6, 6.07) is 1.78. The predicted molar refractivity (Wildman–Crippen MR) is 107 cm³/mol. The van der Waals surface area contributed by atoms with Crippen LogP contribution in [0.15, 0.2) is 6.07 Å². The van der Waals surface area contributed by atoms with Crippen LogP contribution in [-0.2, 0) is 16.5 Å². The topological polar surface area (TPSA) is 115 Å². The van der Waals surface area contributed by atoms with Gasteiger partial charge in [-0.1, -0.05) is 43.0 Å². The molecular formula is C19H25Cl2NaO6S. The minimum absolute atomic E-state index is 0. The third kappa shape index (κ3) is 5.89. The second-order valence-corrected chi connectivity index (χ2v) is 10.0. The van der Waals surface area contributed by atoms with Crippen LogP contribution in [-0.4, -0.2) is 36.6 Å². The van der Waals surface area contributed by atoms with Gasteiger partial charge in [0.25, 0.3) is 0 Å². The molecule has 29 heavy (non-hydrogen) atoms. The van der Waals surface area contributed by atoms with Gasteiger partial charge in [0.05, 0.1) is 21.7 Å². The van der Waals surface area contributed by atoms with Crippen molar-refractivity contribution in [1.82, 2.24) is 0 Å². The van der Waals surface area contributed by atoms with E-state index in [1.165, 1.54) is 0 Å². The maximum absolute atomic E-state index is 13.1. The number of benzene rings is 1. The molecule has 158 valence electrons. The molecule has 3 rings (SSSR count). The Morgan fingerprint density at radius 2 is 1.83 bits per heavy atom. The summed E-state index contributed by atoms with van der Waals surface area (Å²) in [5.74, 6) is 0.423. The van der Waals surface area contributed by atoms with Crippen molar-refractivity contribution in [3.8, 4) is 5.75 Å². The molecule has 10 heteroatoms. The summed E-state index contributed by atoms with van der Waals surface area (Å²) in [5, 5.41) is 0.439. The first kappa shape index (κ1) is 27.2. The fraction of sp³-hybridized carbons (Fsp3) is 0.632. The Morgan fingerprint density at radius 1 is 1.21 bits per heavy atom. The number of Topliss-reactive ketones (excluding diaryl/α,β-unsaturated/α-hetero) is 1. The van der Waals surface area contributed by atoms with Gasteiger partial charge in [0.15, 0.2) is 5.78 Å². The average molecular weight is 475 g/mol. The van der Waals surface area contributed by atoms with E-state index in [0.29, 0.717) is 30.1 Å². The quantitative estimate of drug-likeness (QED) is 0.329. The molecule has 6 nitrogen and oxygen atoms in total. The fourth-order valence-corrected chi connectivity index (χ4v) is 5.42. The van der Waals surface area contributed by atoms with Gasteiger partial charge in [-0.05, 0) is 49.7 Å². The Hall–Kier alpha value is 0.140. The molecule has 1 fully saturated rings. The van der Waals surface area contributed by atoms with E-state index < -0.39 is 21.3 Å². The third-order valence-corrected chi connectivity index (χ3v) is 7.50. The minimum atomic E-state index is -4.21. The standard InChI is InChI=1S/C19H24Cl2O5S.Na.H2O/c1-19(13-6-2-3-7-13)11-12-10-14(16(20)17(21)15(12)18(19)22)26-8-4-5-9-27(23,24)25;;/h10,13H,2-9,11H2,1H3,(H,23,24,25);;1H2/q;+1;/p-1. The van der Waals surface area contributed by atoms with Crippen LogP contribution in [0.25, 0.3) is 0 Å². The third-order valence-electron chi connectivity index (χ3n) is 5.86. The number of carbonyl (C=O) groups is 1. The van der Waals surface area contributed by atoms with Crippen LogP contribution in [0.3, 0.4) is 0 Å². The molecule has 0 radical (unpaired) electrons. The molecule has 0 saturated heterocycles. The zero-order valence-corrected chi connectivity index (χ0v) is 21.1. The Balaban J connectivity index is 0.00000210. The van der Waals surface area contributed by atoms with Gasteiger partial charge in [0.1, 0.15) is 10.8 Å². The van der Waals surface area contributed by atoms with E-state index in [0.717, 1.165) is 31.2 Å². The summed E-state index contributed by atoms with van der Waals surface area (Å²) in [5.41, 5.74) is 0.939. The molecule has 0 aliphatic heterocycles. The Labute approximate surface area is 204 Å². The molecule has 1 aromatic carbocycles. The number of halogens is 2. The van der Waals surface area contributed by atoms with Crippen LogP contribution < -0.4 is 34.3 Å². The van der Waals surface area contributed by atoms with Crippen molar-refractivity contribution in [2.24, 2.45) is 11.3 Å². The molecule has 0 aromatic heterocycles. The monoisotopic (exact) mass is 474 g/mol. The molecule has 2 aliphatic carbocycles. The molecule has 1 atom stereocenters. The molecule has 1 unspecified atom stereocenters. The number of fused-ring (bicyclic) bond motifs is 1. The number of ether oxygens (including phenoxy) is 1. The number of unbranched alkanes of at least 4 members (excludes halogenated alkanes) is 1. The van der Waals surface area contributed by atoms with Gasteiger partial charge in [-0.3, -0.25) is 4.79 Å². The summed E-state index contributed by atoms with van der Waals surface area (Å²) in [6.07, 6.45) is 5.71. The maximum Gasteiger partial charge on any atom is 1.00 e. The Bertz CT molecular complexity index is 855. The molecular weight excluding hydrogens is 450 g/mol. The normalized spacial score (nSPS) is 21.4. The van der Waals surface area contributed by atoms with E-state index in [2.05, 4.69) is 0 Å². The van der Waals surface area contributed by atoms with Crippen LogP contribution in [0, 0.1) is 11.3 Å². The van der Waals surface area contributed by atoms with Gasteiger partial charge < -0.3 is 14.8 Å². The van der Waals surface area contributed by atoms with E-state index in [1.54, 1.807) is 6.07 Å². The van der Waals surface area contributed by atoms with E-state index >= 15 is 0 Å². The molecule has 0 amide bonds. The van der Waals surface area contributed by atoms with Crippen molar-refractivity contribution in [2.45, 2.75) is 51.9 Å². The molecule has 0 heterocycles. The first-order valence-electron chi connectivity index (χ1n) is 9.25. The van der Waals surface area contributed by atoms with Gasteiger partial charge in [0, 0.05) is 16.7 Å². The first-order chi connectivity index (χ1) is 12.6. The van der Waals surface area contributed by atoms with Crippen LogP contribution in [0.5, 0.6) is 5.75 Å². The molecule has 1 saturated carbocycles. The largest absolute Gasteiger partial charge is 1.00 e. The first-order valence-corrected chi connectivity index (χ1v) is 11.6. The number of ketones is 1.